The highest BCUT2D eigenvalue weighted by Crippen LogP contribution is 2.14. The lowest BCUT2D eigenvalue weighted by Gasteiger charge is -2.09. The standard InChI is InChI=1S/C11H11N3/c12-10(9-5-2-1-3-6-9)11-13-7-4-8-14-11/h1-8,10H,12H2/t10-/m1/s1. The van der Waals surface area contributed by atoms with Crippen molar-refractivity contribution < 1.29 is 0 Å². The van der Waals surface area contributed by atoms with E-state index < -0.39 is 0 Å². The fraction of sp³-hybridized carbons (Fsp3) is 0.0909. The van der Waals surface area contributed by atoms with Gasteiger partial charge in [0, 0.05) is 12.4 Å². The second-order valence-electron chi connectivity index (χ2n) is 3.00. The topological polar surface area (TPSA) is 51.8 Å². The molecule has 0 saturated heterocycles. The monoisotopic (exact) mass is 185 g/mol. The Balaban J connectivity index is 2.30. The summed E-state index contributed by atoms with van der Waals surface area (Å²) in [5.41, 5.74) is 7.02. The van der Waals surface area contributed by atoms with Gasteiger partial charge in [-0.25, -0.2) is 9.97 Å². The van der Waals surface area contributed by atoms with Crippen LogP contribution in [0.3, 0.4) is 0 Å². The van der Waals surface area contributed by atoms with Gasteiger partial charge < -0.3 is 5.73 Å². The molecular weight excluding hydrogens is 174 g/mol. The van der Waals surface area contributed by atoms with Crippen LogP contribution in [0.1, 0.15) is 17.4 Å². The molecule has 0 spiro atoms. The zero-order valence-electron chi connectivity index (χ0n) is 7.67. The van der Waals surface area contributed by atoms with Gasteiger partial charge >= 0.3 is 0 Å². The molecule has 0 fully saturated rings. The minimum atomic E-state index is -0.239. The maximum atomic E-state index is 5.99. The summed E-state index contributed by atoms with van der Waals surface area (Å²) in [4.78, 5) is 8.24. The molecule has 0 aliphatic rings. The van der Waals surface area contributed by atoms with Crippen LogP contribution in [0.2, 0.25) is 0 Å². The van der Waals surface area contributed by atoms with Gasteiger partial charge in [0.1, 0.15) is 5.82 Å². The zero-order chi connectivity index (χ0) is 9.80. The van der Waals surface area contributed by atoms with E-state index in [0.29, 0.717) is 5.82 Å². The third-order valence-electron chi connectivity index (χ3n) is 2.02. The van der Waals surface area contributed by atoms with E-state index in [-0.39, 0.29) is 6.04 Å². The van der Waals surface area contributed by atoms with Crippen molar-refractivity contribution in [2.24, 2.45) is 5.73 Å². The largest absolute Gasteiger partial charge is 0.318 e. The van der Waals surface area contributed by atoms with E-state index in [1.807, 2.05) is 30.3 Å². The number of aromatic nitrogens is 2. The van der Waals surface area contributed by atoms with Gasteiger partial charge in [-0.15, -0.1) is 0 Å². The normalized spacial score (nSPS) is 12.4. The number of nitrogens with two attached hydrogens (primary N) is 1. The van der Waals surface area contributed by atoms with Gasteiger partial charge in [0.25, 0.3) is 0 Å². The van der Waals surface area contributed by atoms with Gasteiger partial charge in [-0.05, 0) is 11.6 Å². The first-order chi connectivity index (χ1) is 6.88. The second-order valence-corrected chi connectivity index (χ2v) is 3.00. The highest BCUT2D eigenvalue weighted by molar-refractivity contribution is 5.23. The third kappa shape index (κ3) is 1.78. The van der Waals surface area contributed by atoms with Crippen molar-refractivity contribution in [1.29, 1.82) is 0 Å². The Labute approximate surface area is 82.6 Å². The van der Waals surface area contributed by atoms with E-state index in [1.165, 1.54) is 0 Å². The summed E-state index contributed by atoms with van der Waals surface area (Å²) < 4.78 is 0. The van der Waals surface area contributed by atoms with Gasteiger partial charge in [0.05, 0.1) is 6.04 Å². The van der Waals surface area contributed by atoms with E-state index in [4.69, 9.17) is 5.73 Å². The minimum absolute atomic E-state index is 0.239. The van der Waals surface area contributed by atoms with E-state index in [9.17, 15) is 0 Å². The molecule has 0 unspecified atom stereocenters. The zero-order valence-corrected chi connectivity index (χ0v) is 7.67. The predicted molar refractivity (Wildman–Crippen MR) is 54.5 cm³/mol. The predicted octanol–water partition coefficient (Wildman–Crippen LogP) is 1.52. The van der Waals surface area contributed by atoms with Crippen molar-refractivity contribution in [3.63, 3.8) is 0 Å². The van der Waals surface area contributed by atoms with Crippen LogP contribution in [0.4, 0.5) is 0 Å². The van der Waals surface area contributed by atoms with Crippen LogP contribution < -0.4 is 5.73 Å². The van der Waals surface area contributed by atoms with Crippen LogP contribution in [0.5, 0.6) is 0 Å². The Bertz CT molecular complexity index is 346. The molecule has 2 aromatic rings. The van der Waals surface area contributed by atoms with Crippen LogP contribution in [-0.2, 0) is 0 Å². The molecule has 1 aromatic carbocycles. The van der Waals surface area contributed by atoms with E-state index in [2.05, 4.69) is 9.97 Å². The molecular formula is C11H11N3. The van der Waals surface area contributed by atoms with Crippen LogP contribution in [0, 0.1) is 0 Å². The molecule has 3 nitrogen and oxygen atoms in total. The quantitative estimate of drug-likeness (QED) is 0.771. The Kier molecular flexibility index (Phi) is 2.51. The lowest BCUT2D eigenvalue weighted by atomic mass is 10.1. The van der Waals surface area contributed by atoms with Crippen molar-refractivity contribution in [3.05, 3.63) is 60.2 Å². The first-order valence-electron chi connectivity index (χ1n) is 4.45. The summed E-state index contributed by atoms with van der Waals surface area (Å²) in [5.74, 6) is 0.652. The second kappa shape index (κ2) is 3.98. The fourth-order valence-corrected chi connectivity index (χ4v) is 1.28. The molecule has 3 heteroatoms. The summed E-state index contributed by atoms with van der Waals surface area (Å²) in [5, 5.41) is 0. The smallest absolute Gasteiger partial charge is 0.149 e. The summed E-state index contributed by atoms with van der Waals surface area (Å²) in [6, 6.07) is 11.4. The molecule has 1 atom stereocenters. The van der Waals surface area contributed by atoms with Gasteiger partial charge in [-0.2, -0.15) is 0 Å². The molecule has 0 radical (unpaired) electrons. The van der Waals surface area contributed by atoms with Crippen LogP contribution >= 0.6 is 0 Å². The molecule has 0 aliphatic carbocycles. The molecule has 0 bridgehead atoms. The molecule has 70 valence electrons. The molecule has 1 aromatic heterocycles. The van der Waals surface area contributed by atoms with Crippen molar-refractivity contribution in [3.8, 4) is 0 Å². The summed E-state index contributed by atoms with van der Waals surface area (Å²) >= 11 is 0. The third-order valence-corrected chi connectivity index (χ3v) is 2.02. The van der Waals surface area contributed by atoms with Crippen molar-refractivity contribution in [2.45, 2.75) is 6.04 Å². The SMILES string of the molecule is N[C@H](c1ccccc1)c1ncccn1. The first kappa shape index (κ1) is 8.84. The van der Waals surface area contributed by atoms with Gasteiger partial charge in [0.2, 0.25) is 0 Å². The molecule has 0 saturated carbocycles. The Morgan fingerprint density at radius 2 is 1.57 bits per heavy atom. The average molecular weight is 185 g/mol. The average Bonchev–Trinajstić information content (AvgIpc) is 2.30. The van der Waals surface area contributed by atoms with Gasteiger partial charge in [-0.3, -0.25) is 0 Å². The van der Waals surface area contributed by atoms with Gasteiger partial charge in [0.15, 0.2) is 0 Å². The summed E-state index contributed by atoms with van der Waals surface area (Å²) in [6.07, 6.45) is 3.40. The molecule has 0 aliphatic heterocycles. The Morgan fingerprint density at radius 3 is 2.21 bits per heavy atom. The van der Waals surface area contributed by atoms with Crippen molar-refractivity contribution in [1.82, 2.24) is 9.97 Å². The molecule has 2 rings (SSSR count). The van der Waals surface area contributed by atoms with Crippen LogP contribution in [0.25, 0.3) is 0 Å². The minimum Gasteiger partial charge on any atom is -0.318 e. The number of rotatable bonds is 2. The van der Waals surface area contributed by atoms with Crippen LogP contribution in [0.15, 0.2) is 48.8 Å². The van der Waals surface area contributed by atoms with E-state index in [0.717, 1.165) is 5.56 Å². The number of nitrogens with zero attached hydrogens (tertiary/aromatic N) is 2. The fourth-order valence-electron chi connectivity index (χ4n) is 1.28. The Hall–Kier alpha value is -1.74. The van der Waals surface area contributed by atoms with E-state index in [1.54, 1.807) is 18.5 Å². The van der Waals surface area contributed by atoms with Crippen molar-refractivity contribution in [2.75, 3.05) is 0 Å². The lowest BCUT2D eigenvalue weighted by Crippen LogP contribution is -2.14. The summed E-state index contributed by atoms with van der Waals surface area (Å²) in [7, 11) is 0. The Morgan fingerprint density at radius 1 is 0.929 bits per heavy atom. The maximum absolute atomic E-state index is 5.99. The molecule has 2 N–H and O–H groups in total. The van der Waals surface area contributed by atoms with Gasteiger partial charge in [-0.1, -0.05) is 30.3 Å². The van der Waals surface area contributed by atoms with Crippen molar-refractivity contribution >= 4 is 0 Å². The number of hydrogen-bond donors (Lipinski definition) is 1. The summed E-state index contributed by atoms with van der Waals surface area (Å²) in [6.45, 7) is 0. The lowest BCUT2D eigenvalue weighted by molar-refractivity contribution is 0.780. The highest BCUT2D eigenvalue weighted by atomic mass is 14.9. The highest BCUT2D eigenvalue weighted by Gasteiger charge is 2.09. The number of benzene rings is 1. The van der Waals surface area contributed by atoms with E-state index >= 15 is 0 Å². The molecule has 1 heterocycles. The molecule has 14 heavy (non-hydrogen) atoms. The maximum Gasteiger partial charge on any atom is 0.149 e. The molecule has 0 amide bonds. The number of hydrogen-bond acceptors (Lipinski definition) is 3. The first-order valence-corrected chi connectivity index (χ1v) is 4.45. The van der Waals surface area contributed by atoms with Crippen LogP contribution in [-0.4, -0.2) is 9.97 Å².